The highest BCUT2D eigenvalue weighted by molar-refractivity contribution is 9.10. The smallest absolute Gasteiger partial charge is 0.341 e. The summed E-state index contributed by atoms with van der Waals surface area (Å²) >= 11 is 3.29. The molecule has 0 aliphatic rings. The molecular formula is C12H9BrN2O3. The average Bonchev–Trinajstić information content (AvgIpc) is 2.31. The van der Waals surface area contributed by atoms with Crippen LogP contribution >= 0.6 is 15.9 Å². The number of carboxylic acid groups (broad SMARTS) is 1. The number of carboxylic acids is 1. The summed E-state index contributed by atoms with van der Waals surface area (Å²) in [5.74, 6) is -1.22. The van der Waals surface area contributed by atoms with Crippen LogP contribution in [-0.4, -0.2) is 20.6 Å². The van der Waals surface area contributed by atoms with Crippen molar-refractivity contribution in [3.05, 3.63) is 62.7 Å². The lowest BCUT2D eigenvalue weighted by molar-refractivity contribution is 0.0694. The van der Waals surface area contributed by atoms with Crippen LogP contribution in [0.4, 0.5) is 0 Å². The number of hydrogen-bond donors (Lipinski definition) is 1. The number of rotatable bonds is 3. The van der Waals surface area contributed by atoms with Gasteiger partial charge in [0, 0.05) is 23.1 Å². The van der Waals surface area contributed by atoms with Gasteiger partial charge in [0.2, 0.25) is 0 Å². The molecule has 2 aromatic rings. The van der Waals surface area contributed by atoms with Crippen LogP contribution in [0.15, 0.2) is 46.1 Å². The fourth-order valence-corrected chi connectivity index (χ4v) is 1.98. The standard InChI is InChI=1S/C12H9BrN2O3/c13-9-4-8(5-14-6-9)7-15-3-1-2-10(11(15)16)12(17)18/h1-6H,7H2,(H,17,18). The lowest BCUT2D eigenvalue weighted by atomic mass is 10.2. The third kappa shape index (κ3) is 2.65. The van der Waals surface area contributed by atoms with Crippen LogP contribution in [0.5, 0.6) is 0 Å². The first-order valence-corrected chi connectivity index (χ1v) is 5.89. The van der Waals surface area contributed by atoms with Gasteiger partial charge in [-0.1, -0.05) is 0 Å². The Morgan fingerprint density at radius 1 is 1.44 bits per heavy atom. The summed E-state index contributed by atoms with van der Waals surface area (Å²) < 4.78 is 2.15. The van der Waals surface area contributed by atoms with Gasteiger partial charge in [-0.25, -0.2) is 4.79 Å². The summed E-state index contributed by atoms with van der Waals surface area (Å²) in [5.41, 5.74) is 0.0550. The Balaban J connectivity index is 2.38. The summed E-state index contributed by atoms with van der Waals surface area (Å²) in [5, 5.41) is 8.87. The number of nitrogens with zero attached hydrogens (tertiary/aromatic N) is 2. The molecular weight excluding hydrogens is 300 g/mol. The highest BCUT2D eigenvalue weighted by Crippen LogP contribution is 2.10. The van der Waals surface area contributed by atoms with Crippen molar-refractivity contribution >= 4 is 21.9 Å². The number of aromatic nitrogens is 2. The van der Waals surface area contributed by atoms with E-state index in [2.05, 4.69) is 20.9 Å². The van der Waals surface area contributed by atoms with E-state index in [1.165, 1.54) is 16.7 Å². The first-order valence-electron chi connectivity index (χ1n) is 5.10. The summed E-state index contributed by atoms with van der Waals surface area (Å²) in [6.07, 6.45) is 4.82. The largest absolute Gasteiger partial charge is 0.477 e. The van der Waals surface area contributed by atoms with E-state index >= 15 is 0 Å². The maximum atomic E-state index is 11.8. The Labute approximate surface area is 111 Å². The van der Waals surface area contributed by atoms with Gasteiger partial charge >= 0.3 is 5.97 Å². The number of halogens is 1. The summed E-state index contributed by atoms with van der Waals surface area (Å²) in [7, 11) is 0. The quantitative estimate of drug-likeness (QED) is 0.937. The minimum absolute atomic E-state index is 0.236. The molecule has 0 amide bonds. The van der Waals surface area contributed by atoms with Gasteiger partial charge in [0.15, 0.2) is 0 Å². The SMILES string of the molecule is O=C(O)c1cccn(Cc2cncc(Br)c2)c1=O. The zero-order valence-corrected chi connectivity index (χ0v) is 10.8. The second-order valence-corrected chi connectivity index (χ2v) is 4.59. The van der Waals surface area contributed by atoms with Crippen LogP contribution in [0.1, 0.15) is 15.9 Å². The van der Waals surface area contributed by atoms with Gasteiger partial charge in [0.25, 0.3) is 5.56 Å². The van der Waals surface area contributed by atoms with Gasteiger partial charge in [0.05, 0.1) is 6.54 Å². The molecule has 5 nitrogen and oxygen atoms in total. The third-order valence-electron chi connectivity index (χ3n) is 2.37. The fraction of sp³-hybridized carbons (Fsp3) is 0.0833. The molecule has 6 heteroatoms. The molecule has 2 heterocycles. The van der Waals surface area contributed by atoms with Crippen LogP contribution in [0, 0.1) is 0 Å². The van der Waals surface area contributed by atoms with Crippen molar-refractivity contribution in [1.82, 2.24) is 9.55 Å². The van der Waals surface area contributed by atoms with Crippen molar-refractivity contribution in [2.24, 2.45) is 0 Å². The zero-order chi connectivity index (χ0) is 13.1. The highest BCUT2D eigenvalue weighted by Gasteiger charge is 2.10. The van der Waals surface area contributed by atoms with Crippen molar-refractivity contribution in [1.29, 1.82) is 0 Å². The highest BCUT2D eigenvalue weighted by atomic mass is 79.9. The second kappa shape index (κ2) is 5.14. The lowest BCUT2D eigenvalue weighted by Gasteiger charge is -2.06. The van der Waals surface area contributed by atoms with Crippen molar-refractivity contribution < 1.29 is 9.90 Å². The molecule has 1 N–H and O–H groups in total. The maximum Gasteiger partial charge on any atom is 0.341 e. The summed E-state index contributed by atoms with van der Waals surface area (Å²) in [4.78, 5) is 26.7. The molecule has 0 radical (unpaired) electrons. The van der Waals surface area contributed by atoms with E-state index in [4.69, 9.17) is 5.11 Å². The minimum Gasteiger partial charge on any atom is -0.477 e. The number of aromatic carboxylic acids is 1. The van der Waals surface area contributed by atoms with Gasteiger partial charge in [-0.3, -0.25) is 9.78 Å². The monoisotopic (exact) mass is 308 g/mol. The lowest BCUT2D eigenvalue weighted by Crippen LogP contribution is -2.26. The maximum absolute atomic E-state index is 11.8. The molecule has 0 aromatic carbocycles. The van der Waals surface area contributed by atoms with Crippen molar-refractivity contribution in [2.75, 3.05) is 0 Å². The number of pyridine rings is 2. The molecule has 2 rings (SSSR count). The molecule has 18 heavy (non-hydrogen) atoms. The topological polar surface area (TPSA) is 72.2 Å². The third-order valence-corrected chi connectivity index (χ3v) is 2.80. The van der Waals surface area contributed by atoms with Crippen LogP contribution in [0.3, 0.4) is 0 Å². The van der Waals surface area contributed by atoms with E-state index in [1.54, 1.807) is 18.6 Å². The zero-order valence-electron chi connectivity index (χ0n) is 9.21. The average molecular weight is 309 g/mol. The van der Waals surface area contributed by atoms with Gasteiger partial charge < -0.3 is 9.67 Å². The molecule has 2 aromatic heterocycles. The molecule has 0 bridgehead atoms. The van der Waals surface area contributed by atoms with E-state index < -0.39 is 11.5 Å². The van der Waals surface area contributed by atoms with Crippen LogP contribution in [0.25, 0.3) is 0 Å². The Bertz CT molecular complexity index is 652. The molecule has 0 saturated heterocycles. The molecule has 0 saturated carbocycles. The van der Waals surface area contributed by atoms with E-state index in [0.717, 1.165) is 10.0 Å². The predicted octanol–water partition coefficient (Wildman–Crippen LogP) is 1.75. The predicted molar refractivity (Wildman–Crippen MR) is 68.7 cm³/mol. The van der Waals surface area contributed by atoms with Crippen LogP contribution in [-0.2, 0) is 6.54 Å². The first kappa shape index (κ1) is 12.5. The molecule has 92 valence electrons. The normalized spacial score (nSPS) is 10.3. The van der Waals surface area contributed by atoms with Crippen molar-refractivity contribution in [2.45, 2.75) is 6.54 Å². The fourth-order valence-electron chi connectivity index (χ4n) is 1.56. The Hall–Kier alpha value is -1.95. The van der Waals surface area contributed by atoms with E-state index in [0.29, 0.717) is 0 Å². The van der Waals surface area contributed by atoms with Crippen LogP contribution in [0.2, 0.25) is 0 Å². The summed E-state index contributed by atoms with van der Waals surface area (Å²) in [6.45, 7) is 0.284. The Morgan fingerprint density at radius 3 is 2.89 bits per heavy atom. The van der Waals surface area contributed by atoms with Crippen molar-refractivity contribution in [3.8, 4) is 0 Å². The molecule has 0 spiro atoms. The van der Waals surface area contributed by atoms with Gasteiger partial charge in [-0.05, 0) is 39.7 Å². The molecule has 0 atom stereocenters. The van der Waals surface area contributed by atoms with Crippen molar-refractivity contribution in [3.63, 3.8) is 0 Å². The number of carbonyl (C=O) groups is 1. The second-order valence-electron chi connectivity index (χ2n) is 3.67. The minimum atomic E-state index is -1.22. The molecule has 0 aliphatic heterocycles. The van der Waals surface area contributed by atoms with E-state index in [1.807, 2.05) is 6.07 Å². The van der Waals surface area contributed by atoms with Gasteiger partial charge in [-0.2, -0.15) is 0 Å². The molecule has 0 aliphatic carbocycles. The summed E-state index contributed by atoms with van der Waals surface area (Å²) in [6, 6.07) is 4.66. The Kier molecular flexibility index (Phi) is 3.57. The first-order chi connectivity index (χ1) is 8.58. The Morgan fingerprint density at radius 2 is 2.22 bits per heavy atom. The van der Waals surface area contributed by atoms with Gasteiger partial charge in [0.1, 0.15) is 5.56 Å². The molecule has 0 unspecified atom stereocenters. The van der Waals surface area contributed by atoms with E-state index in [9.17, 15) is 9.59 Å². The van der Waals surface area contributed by atoms with Crippen LogP contribution < -0.4 is 5.56 Å². The molecule has 0 fully saturated rings. The number of hydrogen-bond acceptors (Lipinski definition) is 3. The van der Waals surface area contributed by atoms with E-state index in [-0.39, 0.29) is 12.1 Å². The van der Waals surface area contributed by atoms with Gasteiger partial charge in [-0.15, -0.1) is 0 Å².